The zero-order chi connectivity index (χ0) is 24.3. The number of nitrogens with two attached hydrogens (primary N) is 1. The molecule has 0 unspecified atom stereocenters. The molecule has 7 nitrogen and oxygen atoms in total. The molecule has 33 heavy (non-hydrogen) atoms. The first-order valence-corrected chi connectivity index (χ1v) is 10.9. The van der Waals surface area contributed by atoms with Crippen molar-refractivity contribution in [3.8, 4) is 0 Å². The number of hydrogen-bond acceptors (Lipinski definition) is 5. The van der Waals surface area contributed by atoms with Gasteiger partial charge >= 0.3 is 5.69 Å². The lowest BCUT2D eigenvalue weighted by molar-refractivity contribution is 0.0941. The Hall–Kier alpha value is -3.45. The summed E-state index contributed by atoms with van der Waals surface area (Å²) in [7, 11) is 3.18. The Labute approximate surface area is 194 Å². The summed E-state index contributed by atoms with van der Waals surface area (Å²) in [5.74, 6) is -0.511. The van der Waals surface area contributed by atoms with Gasteiger partial charge in [-0.2, -0.15) is 0 Å². The monoisotopic (exact) mass is 448 g/mol. The predicted octanol–water partition coefficient (Wildman–Crippen LogP) is 2.79. The molecule has 2 aromatic carbocycles. The number of carbonyl (C=O) groups is 1. The average Bonchev–Trinajstić information content (AvgIpc) is 2.76. The first-order valence-electron chi connectivity index (χ1n) is 10.9. The Morgan fingerprint density at radius 2 is 1.58 bits per heavy atom. The van der Waals surface area contributed by atoms with Crippen LogP contribution in [-0.4, -0.2) is 33.4 Å². The number of aromatic nitrogens is 2. The van der Waals surface area contributed by atoms with Crippen LogP contribution in [0.15, 0.2) is 64.2 Å². The van der Waals surface area contributed by atoms with E-state index in [9.17, 15) is 14.4 Å². The number of likely N-dealkylation sites (N-methyl/N-ethyl adjacent to an activating group) is 1. The van der Waals surface area contributed by atoms with Crippen LogP contribution >= 0.6 is 0 Å². The summed E-state index contributed by atoms with van der Waals surface area (Å²) in [6, 6.07) is 17.6. The van der Waals surface area contributed by atoms with Crippen molar-refractivity contribution in [3.63, 3.8) is 0 Å². The second-order valence-corrected chi connectivity index (χ2v) is 9.52. The fourth-order valence-electron chi connectivity index (χ4n) is 3.77. The van der Waals surface area contributed by atoms with Crippen LogP contribution in [-0.2, 0) is 25.6 Å². The smallest absolute Gasteiger partial charge is 0.332 e. The summed E-state index contributed by atoms with van der Waals surface area (Å²) in [5.41, 5.74) is 8.04. The van der Waals surface area contributed by atoms with Gasteiger partial charge < -0.3 is 5.73 Å². The molecule has 1 heterocycles. The summed E-state index contributed by atoms with van der Waals surface area (Å²) in [5, 5.41) is 0. The highest BCUT2D eigenvalue weighted by Crippen LogP contribution is 2.22. The van der Waals surface area contributed by atoms with Gasteiger partial charge in [-0.15, -0.1) is 0 Å². The second kappa shape index (κ2) is 9.58. The highest BCUT2D eigenvalue weighted by molar-refractivity contribution is 6.01. The highest BCUT2D eigenvalue weighted by Gasteiger charge is 2.23. The lowest BCUT2D eigenvalue weighted by atomic mass is 9.87. The van der Waals surface area contributed by atoms with Crippen LogP contribution in [0, 0.1) is 0 Å². The second-order valence-electron chi connectivity index (χ2n) is 9.52. The molecule has 7 heteroatoms. The molecule has 1 aromatic heterocycles. The van der Waals surface area contributed by atoms with E-state index < -0.39 is 17.0 Å². The van der Waals surface area contributed by atoms with Crippen molar-refractivity contribution < 1.29 is 4.79 Å². The topological polar surface area (TPSA) is 90.3 Å². The normalized spacial score (nSPS) is 11.7. The molecule has 174 valence electrons. The van der Waals surface area contributed by atoms with Crippen molar-refractivity contribution in [2.75, 3.05) is 19.3 Å². The third kappa shape index (κ3) is 5.49. The Morgan fingerprint density at radius 3 is 2.15 bits per heavy atom. The first kappa shape index (κ1) is 24.2. The van der Waals surface area contributed by atoms with E-state index in [1.807, 2.05) is 42.3 Å². The number of benzene rings is 2. The van der Waals surface area contributed by atoms with Gasteiger partial charge in [-0.25, -0.2) is 4.79 Å². The van der Waals surface area contributed by atoms with Crippen LogP contribution in [0.25, 0.3) is 0 Å². The molecule has 0 bridgehead atoms. The fraction of sp³-hybridized carbons (Fsp3) is 0.346. The van der Waals surface area contributed by atoms with Crippen molar-refractivity contribution >= 4 is 11.6 Å². The van der Waals surface area contributed by atoms with E-state index in [0.29, 0.717) is 6.54 Å². The molecule has 0 atom stereocenters. The van der Waals surface area contributed by atoms with Gasteiger partial charge in [-0.05, 0) is 29.2 Å². The van der Waals surface area contributed by atoms with Gasteiger partial charge in [0.25, 0.3) is 5.56 Å². The predicted molar refractivity (Wildman–Crippen MR) is 132 cm³/mol. The van der Waals surface area contributed by atoms with Crippen molar-refractivity contribution in [2.45, 2.75) is 39.3 Å². The van der Waals surface area contributed by atoms with Gasteiger partial charge in [0, 0.05) is 13.6 Å². The van der Waals surface area contributed by atoms with Crippen LogP contribution in [0.3, 0.4) is 0 Å². The molecule has 0 spiro atoms. The average molecular weight is 449 g/mol. The SMILES string of the molecule is CN(CC(=O)c1c(N)n(Cc2ccccc2)c(=O)n(C)c1=O)Cc1ccc(C(C)(C)C)cc1. The molecule has 0 aliphatic carbocycles. The molecular weight excluding hydrogens is 416 g/mol. The molecule has 0 saturated carbocycles. The molecule has 0 radical (unpaired) electrons. The lowest BCUT2D eigenvalue weighted by Gasteiger charge is -2.21. The Morgan fingerprint density at radius 1 is 0.970 bits per heavy atom. The van der Waals surface area contributed by atoms with Crippen molar-refractivity contribution in [2.24, 2.45) is 7.05 Å². The molecule has 0 amide bonds. The van der Waals surface area contributed by atoms with E-state index in [4.69, 9.17) is 5.73 Å². The molecule has 0 saturated heterocycles. The zero-order valence-electron chi connectivity index (χ0n) is 20.0. The van der Waals surface area contributed by atoms with Crippen molar-refractivity contribution in [1.82, 2.24) is 14.0 Å². The van der Waals surface area contributed by atoms with Crippen LogP contribution in [0.2, 0.25) is 0 Å². The Bertz CT molecular complexity index is 1250. The van der Waals surface area contributed by atoms with Crippen LogP contribution in [0.5, 0.6) is 0 Å². The summed E-state index contributed by atoms with van der Waals surface area (Å²) >= 11 is 0. The summed E-state index contributed by atoms with van der Waals surface area (Å²) in [4.78, 5) is 40.4. The van der Waals surface area contributed by atoms with E-state index in [0.717, 1.165) is 15.7 Å². The third-order valence-corrected chi connectivity index (χ3v) is 5.73. The number of nitrogens with zero attached hydrogens (tertiary/aromatic N) is 3. The van der Waals surface area contributed by atoms with Crippen molar-refractivity contribution in [3.05, 3.63) is 97.7 Å². The molecule has 2 N–H and O–H groups in total. The van der Waals surface area contributed by atoms with E-state index in [1.54, 1.807) is 0 Å². The third-order valence-electron chi connectivity index (χ3n) is 5.73. The minimum atomic E-state index is -0.672. The number of ketones is 1. The number of carbonyl (C=O) groups excluding carboxylic acids is 1. The first-order chi connectivity index (χ1) is 15.5. The molecule has 0 aliphatic heterocycles. The van der Waals surface area contributed by atoms with Gasteiger partial charge in [0.15, 0.2) is 5.78 Å². The van der Waals surface area contributed by atoms with Gasteiger partial charge in [0.1, 0.15) is 11.4 Å². The van der Waals surface area contributed by atoms with E-state index in [2.05, 4.69) is 45.0 Å². The van der Waals surface area contributed by atoms with E-state index in [1.165, 1.54) is 17.2 Å². The van der Waals surface area contributed by atoms with Gasteiger partial charge in [-0.3, -0.25) is 23.6 Å². The number of Topliss-reactive ketones (excluding diaryl/α,β-unsaturated/α-hetero) is 1. The van der Waals surface area contributed by atoms with Gasteiger partial charge in [-0.1, -0.05) is 75.4 Å². The number of rotatable bonds is 7. The summed E-state index contributed by atoms with van der Waals surface area (Å²) in [6.45, 7) is 7.21. The standard InChI is InChI=1S/C26H32N4O3/c1-26(2,3)20-13-11-19(12-14-20)15-28(4)17-21(31)22-23(27)30(25(33)29(5)24(22)32)16-18-9-7-6-8-10-18/h6-14H,15-17,27H2,1-5H3. The number of hydrogen-bond donors (Lipinski definition) is 1. The molecule has 0 fully saturated rings. The van der Waals surface area contributed by atoms with Crippen LogP contribution in [0.1, 0.15) is 47.8 Å². The molecule has 0 aliphatic rings. The maximum absolute atomic E-state index is 13.1. The molecule has 3 rings (SSSR count). The quantitative estimate of drug-likeness (QED) is 0.562. The Balaban J connectivity index is 1.83. The lowest BCUT2D eigenvalue weighted by Crippen LogP contribution is -2.44. The maximum atomic E-state index is 13.1. The summed E-state index contributed by atoms with van der Waals surface area (Å²) < 4.78 is 2.22. The minimum Gasteiger partial charge on any atom is -0.384 e. The van der Waals surface area contributed by atoms with E-state index >= 15 is 0 Å². The summed E-state index contributed by atoms with van der Waals surface area (Å²) in [6.07, 6.45) is 0. The van der Waals surface area contributed by atoms with Crippen molar-refractivity contribution in [1.29, 1.82) is 0 Å². The molecular formula is C26H32N4O3. The Kier molecular flexibility index (Phi) is 7.03. The zero-order valence-corrected chi connectivity index (χ0v) is 20.0. The largest absolute Gasteiger partial charge is 0.384 e. The number of anilines is 1. The van der Waals surface area contributed by atoms with E-state index in [-0.39, 0.29) is 29.9 Å². The van der Waals surface area contributed by atoms with Gasteiger partial charge in [0.05, 0.1) is 13.1 Å². The highest BCUT2D eigenvalue weighted by atomic mass is 16.2. The maximum Gasteiger partial charge on any atom is 0.332 e. The van der Waals surface area contributed by atoms with Gasteiger partial charge in [0.2, 0.25) is 0 Å². The fourth-order valence-corrected chi connectivity index (χ4v) is 3.77. The minimum absolute atomic E-state index is 0.00397. The number of nitrogen functional groups attached to an aromatic ring is 1. The van der Waals surface area contributed by atoms with Crippen LogP contribution in [0.4, 0.5) is 5.82 Å². The van der Waals surface area contributed by atoms with Crippen LogP contribution < -0.4 is 17.0 Å². The molecule has 3 aromatic rings.